The predicted octanol–water partition coefficient (Wildman–Crippen LogP) is 9.67. The summed E-state index contributed by atoms with van der Waals surface area (Å²) in [4.78, 5) is 13.2. The molecule has 4 heteroatoms. The highest BCUT2D eigenvalue weighted by atomic mass is 16.6. The van der Waals surface area contributed by atoms with Gasteiger partial charge >= 0.3 is 5.97 Å². The van der Waals surface area contributed by atoms with Gasteiger partial charge in [-0.15, -0.1) is 6.42 Å². The molecule has 0 amide bonds. The third kappa shape index (κ3) is 5.14. The van der Waals surface area contributed by atoms with Gasteiger partial charge in [-0.25, -0.2) is 4.79 Å². The number of carbonyl (C=O) groups excluding carboxylic acids is 1. The molecule has 11 atom stereocenters. The lowest BCUT2D eigenvalue weighted by Crippen LogP contribution is -2.67. The number of benzene rings is 1. The first-order chi connectivity index (χ1) is 22.1. The Hall–Kier alpha value is -2.25. The zero-order valence-electron chi connectivity index (χ0n) is 30.7. The van der Waals surface area contributed by atoms with E-state index >= 15 is 0 Å². The van der Waals surface area contributed by atoms with Gasteiger partial charge in [0.05, 0.1) is 18.1 Å². The second kappa shape index (κ2) is 12.0. The van der Waals surface area contributed by atoms with Crippen LogP contribution in [0.25, 0.3) is 0 Å². The van der Waals surface area contributed by atoms with Crippen molar-refractivity contribution in [2.75, 3.05) is 13.2 Å². The van der Waals surface area contributed by atoms with E-state index in [1.807, 2.05) is 6.92 Å². The van der Waals surface area contributed by atoms with Crippen LogP contribution in [-0.2, 0) is 9.53 Å². The number of fused-ring (bicyclic) bond motifs is 7. The molecule has 0 spiro atoms. The van der Waals surface area contributed by atoms with Crippen LogP contribution >= 0.6 is 0 Å². The third-order valence-corrected chi connectivity index (χ3v) is 15.9. The average Bonchev–Trinajstić information content (AvgIpc) is 3.42. The topological polar surface area (TPSA) is 55.8 Å². The van der Waals surface area contributed by atoms with Crippen LogP contribution in [-0.4, -0.2) is 30.4 Å². The highest BCUT2D eigenvalue weighted by molar-refractivity contribution is 5.71. The summed E-state index contributed by atoms with van der Waals surface area (Å²) in [6, 6.07) is 6.27. The van der Waals surface area contributed by atoms with Crippen LogP contribution in [0.1, 0.15) is 130 Å². The number of aliphatic hydroxyl groups excluding tert-OH is 1. The van der Waals surface area contributed by atoms with Crippen molar-refractivity contribution in [2.24, 2.45) is 56.7 Å². The van der Waals surface area contributed by atoms with Crippen molar-refractivity contribution in [2.45, 2.75) is 132 Å². The van der Waals surface area contributed by atoms with Gasteiger partial charge in [-0.05, 0) is 154 Å². The van der Waals surface area contributed by atoms with E-state index < -0.39 is 11.5 Å². The number of hydrogen-bond acceptors (Lipinski definition) is 4. The molecule has 0 aliphatic heterocycles. The number of allylic oxidation sites excluding steroid dienone is 1. The maximum atomic E-state index is 13.2. The van der Waals surface area contributed by atoms with Gasteiger partial charge in [0.15, 0.2) is 6.61 Å². The van der Waals surface area contributed by atoms with Crippen LogP contribution in [0.5, 0.6) is 5.75 Å². The fraction of sp³-hybridized carbons (Fsp3) is 0.744. The van der Waals surface area contributed by atoms with Crippen molar-refractivity contribution in [3.8, 4) is 18.1 Å². The summed E-state index contributed by atoms with van der Waals surface area (Å²) in [5, 5.41) is 11.1. The van der Waals surface area contributed by atoms with Crippen LogP contribution in [0.3, 0.4) is 0 Å². The van der Waals surface area contributed by atoms with E-state index in [4.69, 9.17) is 15.9 Å². The molecule has 5 aliphatic rings. The Labute approximate surface area is 285 Å². The molecule has 0 saturated heterocycles. The second-order valence-electron chi connectivity index (χ2n) is 18.2. The summed E-state index contributed by atoms with van der Waals surface area (Å²) in [6.07, 6.45) is 16.9. The quantitative estimate of drug-likeness (QED) is 0.183. The van der Waals surface area contributed by atoms with Crippen LogP contribution in [0.2, 0.25) is 0 Å². The van der Waals surface area contributed by atoms with E-state index in [2.05, 4.69) is 79.2 Å². The van der Waals surface area contributed by atoms with Crippen LogP contribution < -0.4 is 4.74 Å². The van der Waals surface area contributed by atoms with Gasteiger partial charge in [-0.3, -0.25) is 0 Å². The molecule has 5 fully saturated rings. The van der Waals surface area contributed by atoms with Crippen molar-refractivity contribution in [3.63, 3.8) is 0 Å². The molecule has 0 heterocycles. The van der Waals surface area contributed by atoms with Crippen LogP contribution in [0.4, 0.5) is 0 Å². The first-order valence-electron chi connectivity index (χ1n) is 18.8. The Morgan fingerprint density at radius 3 is 2.43 bits per heavy atom. The summed E-state index contributed by atoms with van der Waals surface area (Å²) >= 11 is 0. The van der Waals surface area contributed by atoms with Gasteiger partial charge < -0.3 is 14.6 Å². The highest BCUT2D eigenvalue weighted by Crippen LogP contribution is 2.77. The summed E-state index contributed by atoms with van der Waals surface area (Å²) in [5.74, 6) is 6.50. The number of aryl methyl sites for hydroxylation is 1. The number of aliphatic hydroxyl groups is 1. The standard InChI is InChI=1S/C43H62O4/c1-11-39(7)34-17-20-42(10)35(40(34,8)19-18-36(39)44)15-14-32-38-31(28(4)5)16-21-43(38,23-22-41(32,42)9)26-47-37(45)25-46-33-24-30(27(2)3)13-12-29(33)6/h1,12-13,24,27,31-32,34-36,38,44H,4,14-23,25-26H2,2-3,5-10H3/t31-,32?,34?,35?,36-,38?,39-,40?,41+,42+,43?/m0/s1. The predicted molar refractivity (Wildman–Crippen MR) is 190 cm³/mol. The number of terminal acetylenes is 1. The summed E-state index contributed by atoms with van der Waals surface area (Å²) in [7, 11) is 0. The van der Waals surface area contributed by atoms with Gasteiger partial charge in [0, 0.05) is 5.41 Å². The zero-order chi connectivity index (χ0) is 34.2. The van der Waals surface area contributed by atoms with E-state index in [-0.39, 0.29) is 34.2 Å². The second-order valence-corrected chi connectivity index (χ2v) is 18.2. The van der Waals surface area contributed by atoms with Crippen LogP contribution in [0, 0.1) is 75.9 Å². The minimum absolute atomic E-state index is 0.00177. The van der Waals surface area contributed by atoms with Gasteiger partial charge in [-0.2, -0.15) is 0 Å². The zero-order valence-corrected chi connectivity index (χ0v) is 30.7. The fourth-order valence-electron chi connectivity index (χ4n) is 12.9. The molecule has 5 aliphatic carbocycles. The Morgan fingerprint density at radius 2 is 1.74 bits per heavy atom. The lowest BCUT2D eigenvalue weighted by Gasteiger charge is -2.72. The molecule has 4 nitrogen and oxygen atoms in total. The summed E-state index contributed by atoms with van der Waals surface area (Å²) in [6.45, 7) is 23.5. The Kier molecular flexibility index (Phi) is 8.81. The van der Waals surface area contributed by atoms with E-state index in [1.54, 1.807) is 0 Å². The van der Waals surface area contributed by atoms with E-state index in [0.717, 1.165) is 49.8 Å². The molecule has 6 rings (SSSR count). The summed E-state index contributed by atoms with van der Waals surface area (Å²) in [5.41, 5.74) is 3.64. The largest absolute Gasteiger partial charge is 0.482 e. The Morgan fingerprint density at radius 1 is 1.00 bits per heavy atom. The molecule has 47 heavy (non-hydrogen) atoms. The molecule has 1 aromatic carbocycles. The fourth-order valence-corrected chi connectivity index (χ4v) is 12.9. The molecule has 0 bridgehead atoms. The lowest BCUT2D eigenvalue weighted by molar-refractivity contribution is -0.245. The van der Waals surface area contributed by atoms with Gasteiger partial charge in [0.1, 0.15) is 5.75 Å². The minimum Gasteiger partial charge on any atom is -0.482 e. The molecule has 1 N–H and O–H groups in total. The average molecular weight is 643 g/mol. The lowest BCUT2D eigenvalue weighted by atomic mass is 9.32. The van der Waals surface area contributed by atoms with Crippen molar-refractivity contribution in [1.82, 2.24) is 0 Å². The number of rotatable bonds is 7. The van der Waals surface area contributed by atoms with E-state index in [1.165, 1.54) is 36.8 Å². The molecular weight excluding hydrogens is 580 g/mol. The molecule has 5 saturated carbocycles. The molecule has 0 aromatic heterocycles. The van der Waals surface area contributed by atoms with Crippen molar-refractivity contribution >= 4 is 5.97 Å². The van der Waals surface area contributed by atoms with Crippen molar-refractivity contribution in [1.29, 1.82) is 0 Å². The summed E-state index contributed by atoms with van der Waals surface area (Å²) < 4.78 is 12.2. The molecule has 1 aromatic rings. The smallest absolute Gasteiger partial charge is 0.344 e. The van der Waals surface area contributed by atoms with E-state index in [0.29, 0.717) is 42.1 Å². The maximum Gasteiger partial charge on any atom is 0.344 e. The first-order valence-corrected chi connectivity index (χ1v) is 18.8. The number of esters is 1. The van der Waals surface area contributed by atoms with Crippen molar-refractivity contribution < 1.29 is 19.4 Å². The highest BCUT2D eigenvalue weighted by Gasteiger charge is 2.71. The number of hydrogen-bond donors (Lipinski definition) is 1. The first kappa shape index (κ1) is 34.6. The van der Waals surface area contributed by atoms with Crippen molar-refractivity contribution in [3.05, 3.63) is 41.5 Å². The molecular formula is C43H62O4. The van der Waals surface area contributed by atoms with Gasteiger partial charge in [-0.1, -0.05) is 64.8 Å². The monoisotopic (exact) mass is 642 g/mol. The Balaban J connectivity index is 1.23. The number of ether oxygens (including phenoxy) is 2. The molecule has 0 radical (unpaired) electrons. The normalized spacial score (nSPS) is 43.9. The van der Waals surface area contributed by atoms with Gasteiger partial charge in [0.2, 0.25) is 0 Å². The SMILES string of the molecule is C#C[C@@]1(C)C2CC[C@]3(C)C(CCC4C5[C@H](C(=C)C)CCC5(COC(=O)COc5cc(C(C)C)ccc5C)CC[C@]43C)C2(C)CC[C@@H]1O. The third-order valence-electron chi connectivity index (χ3n) is 15.9. The van der Waals surface area contributed by atoms with Crippen LogP contribution in [0.15, 0.2) is 30.4 Å². The van der Waals surface area contributed by atoms with E-state index in [9.17, 15) is 9.90 Å². The minimum atomic E-state index is -0.451. The number of carbonyl (C=O) groups is 1. The Bertz CT molecular complexity index is 1440. The molecule has 258 valence electrons. The maximum absolute atomic E-state index is 13.2. The van der Waals surface area contributed by atoms with Gasteiger partial charge in [0.25, 0.3) is 0 Å². The molecule has 6 unspecified atom stereocenters.